The highest BCUT2D eigenvalue weighted by Gasteiger charge is 2.28. The molecule has 0 bridgehead atoms. The molecule has 124 valence electrons. The second-order valence-corrected chi connectivity index (χ2v) is 6.77. The second-order valence-electron chi connectivity index (χ2n) is 5.74. The van der Waals surface area contributed by atoms with Gasteiger partial charge < -0.3 is 19.5 Å². The molecule has 1 fully saturated rings. The largest absolute Gasteiger partial charge is 0.366 e. The minimum Gasteiger partial charge on any atom is -0.366 e. The zero-order chi connectivity index (χ0) is 16.2. The fraction of sp³-hybridized carbons (Fsp3) is 0.533. The van der Waals surface area contributed by atoms with Crippen LogP contribution in [-0.4, -0.2) is 51.4 Å². The molecule has 23 heavy (non-hydrogen) atoms. The van der Waals surface area contributed by atoms with Gasteiger partial charge in [0.1, 0.15) is 12.4 Å². The summed E-state index contributed by atoms with van der Waals surface area (Å²) in [7, 11) is 1.88. The van der Waals surface area contributed by atoms with E-state index in [4.69, 9.17) is 4.74 Å². The number of ether oxygens (including phenoxy) is 1. The third-order valence-electron chi connectivity index (χ3n) is 3.85. The summed E-state index contributed by atoms with van der Waals surface area (Å²) >= 11 is 1.71. The van der Waals surface area contributed by atoms with Crippen LogP contribution in [0.5, 0.6) is 0 Å². The lowest BCUT2D eigenvalue weighted by molar-refractivity contribution is -0.0217. The van der Waals surface area contributed by atoms with Crippen molar-refractivity contribution >= 4 is 17.4 Å². The lowest BCUT2D eigenvalue weighted by atomic mass is 10.2. The molecule has 3 rings (SSSR count). The second kappa shape index (κ2) is 7.10. The number of nitrogens with zero attached hydrogens (tertiary/aromatic N) is 4. The van der Waals surface area contributed by atoms with E-state index >= 15 is 0 Å². The minimum atomic E-state index is -0.227. The number of carbonyl (C=O) groups is 1. The molecule has 1 aliphatic heterocycles. The van der Waals surface area contributed by atoms with Gasteiger partial charge in [-0.1, -0.05) is 6.07 Å². The van der Waals surface area contributed by atoms with Gasteiger partial charge in [-0.15, -0.1) is 21.5 Å². The van der Waals surface area contributed by atoms with Gasteiger partial charge in [0, 0.05) is 30.9 Å². The maximum Gasteiger partial charge on any atom is 0.317 e. The Kier molecular flexibility index (Phi) is 4.92. The molecule has 1 saturated heterocycles. The summed E-state index contributed by atoms with van der Waals surface area (Å²) < 4.78 is 7.56. The number of carbonyl (C=O) groups excluding carboxylic acids is 1. The summed E-state index contributed by atoms with van der Waals surface area (Å²) in [5, 5.41) is 13.1. The average Bonchev–Trinajstić information content (AvgIpc) is 3.19. The van der Waals surface area contributed by atoms with Crippen molar-refractivity contribution in [3.63, 3.8) is 0 Å². The van der Waals surface area contributed by atoms with Crippen molar-refractivity contribution in [2.45, 2.75) is 25.5 Å². The zero-order valence-corrected chi connectivity index (χ0v) is 14.1. The summed E-state index contributed by atoms with van der Waals surface area (Å²) in [6.07, 6.45) is 2.26. The monoisotopic (exact) mass is 335 g/mol. The van der Waals surface area contributed by atoms with Crippen LogP contribution >= 0.6 is 11.3 Å². The molecule has 0 spiro atoms. The molecule has 0 unspecified atom stereocenters. The van der Waals surface area contributed by atoms with Crippen molar-refractivity contribution in [3.05, 3.63) is 34.5 Å². The first-order chi connectivity index (χ1) is 11.1. The van der Waals surface area contributed by atoms with Crippen LogP contribution in [0.15, 0.2) is 23.8 Å². The predicted octanol–water partition coefficient (Wildman–Crippen LogP) is 1.59. The van der Waals surface area contributed by atoms with Crippen LogP contribution in [0.3, 0.4) is 0 Å². The molecular weight excluding hydrogens is 314 g/mol. The zero-order valence-electron chi connectivity index (χ0n) is 13.3. The van der Waals surface area contributed by atoms with Crippen LogP contribution in [0.4, 0.5) is 4.79 Å². The van der Waals surface area contributed by atoms with E-state index in [2.05, 4.69) is 27.0 Å². The molecular formula is C15H21N5O2S. The number of aryl methyl sites for hydroxylation is 1. The molecule has 2 amide bonds. The number of hydrogen-bond acceptors (Lipinski definition) is 5. The van der Waals surface area contributed by atoms with E-state index in [0.29, 0.717) is 19.7 Å². The maximum absolute atomic E-state index is 12.5. The topological polar surface area (TPSA) is 72.3 Å². The Balaban J connectivity index is 1.55. The Morgan fingerprint density at radius 2 is 2.48 bits per heavy atom. The highest BCUT2D eigenvalue weighted by molar-refractivity contribution is 7.09. The van der Waals surface area contributed by atoms with Crippen LogP contribution < -0.4 is 5.32 Å². The van der Waals surface area contributed by atoms with E-state index in [0.717, 1.165) is 12.2 Å². The van der Waals surface area contributed by atoms with Gasteiger partial charge in [0.2, 0.25) is 0 Å². The number of urea groups is 1. The molecule has 2 atom stereocenters. The summed E-state index contributed by atoms with van der Waals surface area (Å²) in [5.74, 6) is 0.745. The molecule has 2 aromatic rings. The molecule has 3 heterocycles. The predicted molar refractivity (Wildman–Crippen MR) is 87.3 cm³/mol. The quantitative estimate of drug-likeness (QED) is 0.921. The van der Waals surface area contributed by atoms with Gasteiger partial charge in [0.05, 0.1) is 13.2 Å². The first-order valence-corrected chi connectivity index (χ1v) is 8.54. The first-order valence-electron chi connectivity index (χ1n) is 7.67. The number of amides is 2. The van der Waals surface area contributed by atoms with Gasteiger partial charge >= 0.3 is 6.03 Å². The number of aromatic nitrogens is 3. The third-order valence-corrected chi connectivity index (χ3v) is 4.74. The van der Waals surface area contributed by atoms with Crippen molar-refractivity contribution in [3.8, 4) is 0 Å². The maximum atomic E-state index is 12.5. The van der Waals surface area contributed by atoms with E-state index in [9.17, 15) is 4.79 Å². The highest BCUT2D eigenvalue weighted by Crippen LogP contribution is 2.20. The van der Waals surface area contributed by atoms with Gasteiger partial charge in [-0.3, -0.25) is 0 Å². The highest BCUT2D eigenvalue weighted by atomic mass is 32.1. The number of rotatable bonds is 4. The summed E-state index contributed by atoms with van der Waals surface area (Å²) in [4.78, 5) is 15.5. The normalized spacial score (nSPS) is 19.6. The van der Waals surface area contributed by atoms with Crippen LogP contribution in [0, 0.1) is 0 Å². The molecule has 0 aromatic carbocycles. The smallest absolute Gasteiger partial charge is 0.317 e. The van der Waals surface area contributed by atoms with Gasteiger partial charge in [-0.25, -0.2) is 4.79 Å². The van der Waals surface area contributed by atoms with Gasteiger partial charge in [-0.2, -0.15) is 0 Å². The molecule has 2 aromatic heterocycles. The van der Waals surface area contributed by atoms with Crippen molar-refractivity contribution in [2.75, 3.05) is 19.7 Å². The van der Waals surface area contributed by atoms with Crippen LogP contribution in [0.2, 0.25) is 0 Å². The fourth-order valence-electron chi connectivity index (χ4n) is 2.66. The van der Waals surface area contributed by atoms with E-state index in [1.165, 1.54) is 4.88 Å². The fourth-order valence-corrected chi connectivity index (χ4v) is 3.49. The minimum absolute atomic E-state index is 0.0514. The number of morpholine rings is 1. The summed E-state index contributed by atoms with van der Waals surface area (Å²) in [5.41, 5.74) is 0. The van der Waals surface area contributed by atoms with Gasteiger partial charge in [0.25, 0.3) is 0 Å². The Morgan fingerprint density at radius 1 is 1.61 bits per heavy atom. The Bertz CT molecular complexity index is 642. The lowest BCUT2D eigenvalue weighted by Gasteiger charge is -2.33. The molecule has 1 N–H and O–H groups in total. The molecule has 0 aliphatic carbocycles. The van der Waals surface area contributed by atoms with Crippen LogP contribution in [0.25, 0.3) is 0 Å². The van der Waals surface area contributed by atoms with Crippen molar-refractivity contribution in [1.82, 2.24) is 25.0 Å². The molecule has 0 radical (unpaired) electrons. The van der Waals surface area contributed by atoms with Gasteiger partial charge in [0.15, 0.2) is 5.82 Å². The number of nitrogens with one attached hydrogen (secondary N) is 1. The molecule has 0 saturated carbocycles. The Labute approximate surface area is 139 Å². The van der Waals surface area contributed by atoms with E-state index in [-0.39, 0.29) is 18.2 Å². The lowest BCUT2D eigenvalue weighted by Crippen LogP contribution is -2.50. The summed E-state index contributed by atoms with van der Waals surface area (Å²) in [6, 6.07) is 4.16. The van der Waals surface area contributed by atoms with E-state index in [1.54, 1.807) is 22.6 Å². The third kappa shape index (κ3) is 3.89. The molecule has 7 nitrogen and oxygen atoms in total. The number of thiophene rings is 1. The molecule has 8 heteroatoms. The standard InChI is InChI=1S/C15H21N5O2S/c1-11(8-12-4-3-7-23-12)17-15(21)20-5-6-22-13(9-20)14-18-16-10-19(14)2/h3-4,7,10-11,13H,5-6,8-9H2,1-2H3,(H,17,21)/t11-,13+/m0/s1. The average molecular weight is 335 g/mol. The Hall–Kier alpha value is -1.93. The number of hydrogen-bond donors (Lipinski definition) is 1. The van der Waals surface area contributed by atoms with Crippen LogP contribution in [0.1, 0.15) is 23.7 Å². The van der Waals surface area contributed by atoms with Crippen LogP contribution in [-0.2, 0) is 18.2 Å². The van der Waals surface area contributed by atoms with E-state index < -0.39 is 0 Å². The SMILES string of the molecule is C[C@@H](Cc1cccs1)NC(=O)N1CCO[C@@H](c2nncn2C)C1. The summed E-state index contributed by atoms with van der Waals surface area (Å²) in [6.45, 7) is 3.61. The first kappa shape index (κ1) is 15.9. The van der Waals surface area contributed by atoms with E-state index in [1.807, 2.05) is 24.6 Å². The van der Waals surface area contributed by atoms with Crippen molar-refractivity contribution < 1.29 is 9.53 Å². The van der Waals surface area contributed by atoms with Crippen molar-refractivity contribution in [1.29, 1.82) is 0 Å². The molecule has 1 aliphatic rings. The van der Waals surface area contributed by atoms with Crippen molar-refractivity contribution in [2.24, 2.45) is 7.05 Å². The Morgan fingerprint density at radius 3 is 3.17 bits per heavy atom. The van der Waals surface area contributed by atoms with Gasteiger partial charge in [-0.05, 0) is 18.4 Å².